The molecule has 23 heteroatoms. The fraction of sp³-hybridized carbons (Fsp3) is 0.0952. The molecule has 12 N–H and O–H groups in total. The molecule has 10 aromatic heterocycles. The van der Waals surface area contributed by atoms with Gasteiger partial charge in [0.05, 0.1) is 47.8 Å². The van der Waals surface area contributed by atoms with Crippen LogP contribution in [0.4, 0.5) is 34.1 Å². The quantitative estimate of drug-likeness (QED) is 0.0401. The number of para-hydroxylation sites is 5. The molecule has 5 unspecified atom stereocenters. The van der Waals surface area contributed by atoms with E-state index in [1.807, 2.05) is 149 Å². The van der Waals surface area contributed by atoms with Crippen molar-refractivity contribution >= 4 is 123 Å². The van der Waals surface area contributed by atoms with E-state index in [1.54, 1.807) is 31.5 Å². The minimum atomic E-state index is -0.355. The van der Waals surface area contributed by atoms with Crippen LogP contribution in [0.5, 0.6) is 17.2 Å². The van der Waals surface area contributed by atoms with Gasteiger partial charge in [-0.2, -0.15) is 0 Å². The standard InChI is InChI=1S/C21H16ClN3.C21H16IN3.C21H16N4O2.C21H17N3O2.C21H17N3O/c2*1-12-6-7-13(10-17(12)22)20-16-11-24-21-19(16)15(8-9-23-21)14-4-2-3-5-18(14)25-20;1-12-6-7-15(18(10-12)25(26)27)20-16-11-23-21-19(16)14(8-9-22-21)13-4-2-3-5-17(13)24-20;1-26-18-10-12(6-7-17(18)25)20-15-11-23-21-19(15)14(8-9-22-21)13-4-2-3-5-16(13)24-20;1-12-6-7-18(25)15(10-12)20-16-11-23-21-19(16)14(8-9-22-21)13-4-2-3-5-17(13)24-20/h2*2-11,20,25H,1H3,(H,23,24);2-11,20,24H,1H3,(H,22,23);2-11,20,24-25H,1H3,(H,22,23);2-11,20,24-25H,1H3,(H,22,23). The largest absolute Gasteiger partial charge is 0.508 e. The van der Waals surface area contributed by atoms with E-state index in [0.717, 1.165) is 161 Å². The molecule has 20 aromatic rings. The number of aryl methyl sites for hydroxylation is 4. The number of phenolic OH excluding ortho intramolecular Hbond substituents is 2. The van der Waals surface area contributed by atoms with Crippen LogP contribution >= 0.6 is 34.2 Å². The van der Waals surface area contributed by atoms with Gasteiger partial charge in [0.25, 0.3) is 5.69 Å². The van der Waals surface area contributed by atoms with E-state index in [-0.39, 0.29) is 46.6 Å². The Bertz CT molecular complexity index is 7630. The summed E-state index contributed by atoms with van der Waals surface area (Å²) in [4.78, 5) is 50.3. The summed E-state index contributed by atoms with van der Waals surface area (Å²) in [6.45, 7) is 8.07. The van der Waals surface area contributed by atoms with Gasteiger partial charge >= 0.3 is 0 Å². The first kappa shape index (κ1) is 79.6. The number of aromatic nitrogens is 10. The van der Waals surface area contributed by atoms with E-state index < -0.39 is 0 Å². The molecule has 15 heterocycles. The van der Waals surface area contributed by atoms with E-state index in [0.29, 0.717) is 17.1 Å². The molecule has 626 valence electrons. The van der Waals surface area contributed by atoms with Crippen molar-refractivity contribution < 1.29 is 19.9 Å². The molecule has 128 heavy (non-hydrogen) atoms. The zero-order chi connectivity index (χ0) is 87.1. The number of nitrogens with zero attached hydrogens (tertiary/aromatic N) is 6. The van der Waals surface area contributed by atoms with Crippen LogP contribution in [0.3, 0.4) is 0 Å². The molecule has 0 spiro atoms. The number of hydrogen-bond donors (Lipinski definition) is 12. The number of halogens is 2. The van der Waals surface area contributed by atoms with Crippen LogP contribution in [0.1, 0.15) is 108 Å². The maximum atomic E-state index is 11.7. The number of hydrogen-bond acceptors (Lipinski definition) is 15. The number of nitrogens with one attached hydrogen (secondary N) is 10. The number of aromatic hydroxyl groups is 2. The maximum absolute atomic E-state index is 11.7. The summed E-state index contributed by atoms with van der Waals surface area (Å²) in [5.74, 6) is 0.883. The van der Waals surface area contributed by atoms with E-state index in [2.05, 4.69) is 258 Å². The van der Waals surface area contributed by atoms with Crippen LogP contribution in [-0.4, -0.2) is 72.1 Å². The van der Waals surface area contributed by atoms with Crippen LogP contribution < -0.4 is 31.3 Å². The second kappa shape index (κ2) is 32.9. The lowest BCUT2D eigenvalue weighted by molar-refractivity contribution is -0.385. The van der Waals surface area contributed by atoms with Crippen LogP contribution in [0.15, 0.2) is 305 Å². The second-order valence-electron chi connectivity index (χ2n) is 32.6. The van der Waals surface area contributed by atoms with Crippen molar-refractivity contribution in [3.8, 4) is 72.9 Å². The fourth-order valence-corrected chi connectivity index (χ4v) is 19.5. The summed E-state index contributed by atoms with van der Waals surface area (Å²) in [5, 5.41) is 56.9. The predicted octanol–water partition coefficient (Wildman–Crippen LogP) is 25.5. The number of nitro groups is 1. The molecular formula is C105H82ClIN16O5. The Hall–Kier alpha value is -15.5. The first-order valence-corrected chi connectivity index (χ1v) is 43.5. The van der Waals surface area contributed by atoms with Gasteiger partial charge in [0, 0.05) is 193 Å². The normalized spacial score (nSPS) is 15.4. The third-order valence-corrected chi connectivity index (χ3v) is 26.5. The van der Waals surface area contributed by atoms with Gasteiger partial charge in [-0.1, -0.05) is 151 Å². The van der Waals surface area contributed by atoms with Crippen molar-refractivity contribution in [1.82, 2.24) is 49.8 Å². The summed E-state index contributed by atoms with van der Waals surface area (Å²) in [6.07, 6.45) is 19.2. The molecule has 25 rings (SSSR count). The number of rotatable bonds is 7. The molecule has 0 saturated carbocycles. The topological polar surface area (TPSA) is 296 Å². The third kappa shape index (κ3) is 14.2. The van der Waals surface area contributed by atoms with Crippen molar-refractivity contribution in [3.63, 3.8) is 0 Å². The summed E-state index contributed by atoms with van der Waals surface area (Å²) >= 11 is 8.82. The Morgan fingerprint density at radius 2 is 0.664 bits per heavy atom. The Labute approximate surface area is 753 Å². The first-order valence-electron chi connectivity index (χ1n) is 42.1. The van der Waals surface area contributed by atoms with Crippen LogP contribution in [0.25, 0.3) is 111 Å². The lowest BCUT2D eigenvalue weighted by atomic mass is 9.95. The maximum Gasteiger partial charge on any atom is 0.275 e. The van der Waals surface area contributed by atoms with E-state index >= 15 is 0 Å². The number of benzene rings is 10. The predicted molar refractivity (Wildman–Crippen MR) is 520 cm³/mol. The molecule has 0 radical (unpaired) electrons. The average Bonchev–Trinajstić information content (AvgIpc) is 1.62. The van der Waals surface area contributed by atoms with E-state index in [1.165, 1.54) is 58.9 Å². The molecule has 5 aliphatic heterocycles. The highest BCUT2D eigenvalue weighted by molar-refractivity contribution is 14.1. The SMILES string of the molecule is COc1cc(C2Nc3ccccc3-c3ccnc4[nH]cc2c34)ccc1O.Cc1ccc(C2Nc3ccccc3-c3ccnc4[nH]cc2c34)c([N+](=O)[O-])c1.Cc1ccc(C2Nc3ccccc3-c3ccnc4[nH]cc2c34)cc1Cl.Cc1ccc(C2Nc3ccccc3-c3ccnc4[nH]cc2c34)cc1I.Cc1ccc(O)c(C2Nc3ccccc3-c3ccnc4[nH]cc2c34)c1. The third-order valence-electron chi connectivity index (χ3n) is 24.9. The Morgan fingerprint density at radius 1 is 0.344 bits per heavy atom. The zero-order valence-electron chi connectivity index (χ0n) is 69.8. The van der Waals surface area contributed by atoms with Gasteiger partial charge in [0.15, 0.2) is 11.5 Å². The van der Waals surface area contributed by atoms with Gasteiger partial charge in [-0.3, -0.25) is 10.1 Å². The van der Waals surface area contributed by atoms with Crippen molar-refractivity contribution in [2.45, 2.75) is 57.9 Å². The van der Waals surface area contributed by atoms with Crippen molar-refractivity contribution in [1.29, 1.82) is 0 Å². The van der Waals surface area contributed by atoms with Crippen LogP contribution in [-0.2, 0) is 0 Å². The number of anilines is 5. The number of nitro benzene ring substituents is 1. The highest BCUT2D eigenvalue weighted by atomic mass is 127. The monoisotopic (exact) mass is 1810 g/mol. The van der Waals surface area contributed by atoms with Gasteiger partial charge in [0.2, 0.25) is 0 Å². The molecule has 0 fully saturated rings. The summed E-state index contributed by atoms with van der Waals surface area (Å²) in [6, 6.07) is 80.8. The van der Waals surface area contributed by atoms with E-state index in [9.17, 15) is 20.3 Å². The number of phenols is 2. The highest BCUT2D eigenvalue weighted by Gasteiger charge is 2.35. The first-order chi connectivity index (χ1) is 62.6. The minimum absolute atomic E-state index is 0.0125. The molecule has 10 aromatic carbocycles. The molecule has 0 amide bonds. The second-order valence-corrected chi connectivity index (χ2v) is 34.1. The van der Waals surface area contributed by atoms with Gasteiger partial charge in [-0.05, 0) is 215 Å². The molecule has 0 saturated heterocycles. The Kier molecular flexibility index (Phi) is 20.4. The van der Waals surface area contributed by atoms with Crippen molar-refractivity contribution in [2.24, 2.45) is 0 Å². The lowest BCUT2D eigenvalue weighted by Gasteiger charge is -2.21. The minimum Gasteiger partial charge on any atom is -0.508 e. The Morgan fingerprint density at radius 3 is 1.04 bits per heavy atom. The number of methoxy groups -OCH3 is 1. The molecule has 0 bridgehead atoms. The van der Waals surface area contributed by atoms with Crippen molar-refractivity contribution in [2.75, 3.05) is 33.7 Å². The van der Waals surface area contributed by atoms with Crippen LogP contribution in [0.2, 0.25) is 5.02 Å². The number of aromatic amines is 5. The van der Waals surface area contributed by atoms with Gasteiger partial charge in [0.1, 0.15) is 34.0 Å². The summed E-state index contributed by atoms with van der Waals surface area (Å²) in [5.41, 5.74) is 36.3. The summed E-state index contributed by atoms with van der Waals surface area (Å²) < 4.78 is 6.59. The number of pyridine rings is 5. The average molecular weight is 1810 g/mol. The molecule has 5 atom stereocenters. The molecule has 21 nitrogen and oxygen atoms in total. The van der Waals surface area contributed by atoms with Gasteiger partial charge < -0.3 is 66.5 Å². The summed E-state index contributed by atoms with van der Waals surface area (Å²) in [7, 11) is 1.56. The van der Waals surface area contributed by atoms with Crippen molar-refractivity contribution in [3.05, 3.63) is 401 Å². The number of H-pyrrole nitrogens is 5. The van der Waals surface area contributed by atoms with Crippen LogP contribution in [0, 0.1) is 41.4 Å². The number of ether oxygens (including phenoxy) is 1. The molecule has 5 aliphatic rings. The van der Waals surface area contributed by atoms with Gasteiger partial charge in [-0.15, -0.1) is 0 Å². The molecule has 0 aliphatic carbocycles. The molecular weight excluding hydrogens is 1730 g/mol. The van der Waals surface area contributed by atoms with Gasteiger partial charge in [-0.25, -0.2) is 24.9 Å². The highest BCUT2D eigenvalue weighted by Crippen LogP contribution is 2.52. The Balaban J connectivity index is 0.0000000973. The van der Waals surface area contributed by atoms with E-state index in [4.69, 9.17) is 16.3 Å². The number of fused-ring (bicyclic) bond motifs is 10. The smallest absolute Gasteiger partial charge is 0.275 e. The lowest BCUT2D eigenvalue weighted by Crippen LogP contribution is -2.13. The fourth-order valence-electron chi connectivity index (χ4n) is 18.7. The zero-order valence-corrected chi connectivity index (χ0v) is 72.7.